The highest BCUT2D eigenvalue weighted by atomic mass is 16.5. The third kappa shape index (κ3) is 2.59. The summed E-state index contributed by atoms with van der Waals surface area (Å²) in [5, 5.41) is 18.3. The SMILES string of the molecule is OB(O)c1ccccc1COC1CCC1. The Hall–Kier alpha value is -0.835. The first kappa shape index (κ1) is 10.7. The number of ether oxygens (including phenoxy) is 1. The van der Waals surface area contributed by atoms with Crippen molar-refractivity contribution in [3.05, 3.63) is 29.8 Å². The van der Waals surface area contributed by atoms with Crippen molar-refractivity contribution in [1.82, 2.24) is 0 Å². The molecule has 80 valence electrons. The van der Waals surface area contributed by atoms with Gasteiger partial charge >= 0.3 is 7.12 Å². The molecule has 0 spiro atoms. The van der Waals surface area contributed by atoms with Crippen LogP contribution < -0.4 is 5.46 Å². The Morgan fingerprint density at radius 1 is 1.27 bits per heavy atom. The molecule has 1 aromatic rings. The van der Waals surface area contributed by atoms with Crippen molar-refractivity contribution in [3.63, 3.8) is 0 Å². The molecule has 1 aromatic carbocycles. The van der Waals surface area contributed by atoms with Gasteiger partial charge in [-0.25, -0.2) is 0 Å². The summed E-state index contributed by atoms with van der Waals surface area (Å²) in [6.07, 6.45) is 3.87. The molecule has 0 aromatic heterocycles. The molecule has 0 radical (unpaired) electrons. The van der Waals surface area contributed by atoms with Gasteiger partial charge in [-0.2, -0.15) is 0 Å². The topological polar surface area (TPSA) is 49.7 Å². The third-order valence-corrected chi connectivity index (χ3v) is 2.86. The summed E-state index contributed by atoms with van der Waals surface area (Å²) in [5.41, 5.74) is 1.40. The minimum Gasteiger partial charge on any atom is -0.423 e. The molecule has 15 heavy (non-hydrogen) atoms. The first-order chi connectivity index (χ1) is 7.27. The molecule has 1 saturated carbocycles. The summed E-state index contributed by atoms with van der Waals surface area (Å²) in [6.45, 7) is 0.471. The van der Waals surface area contributed by atoms with E-state index < -0.39 is 7.12 Å². The molecule has 0 saturated heterocycles. The average molecular weight is 206 g/mol. The normalized spacial score (nSPS) is 16.1. The Labute approximate surface area is 89.8 Å². The molecule has 0 heterocycles. The van der Waals surface area contributed by atoms with Crippen LogP contribution in [0.3, 0.4) is 0 Å². The zero-order chi connectivity index (χ0) is 10.7. The van der Waals surface area contributed by atoms with Crippen molar-refractivity contribution in [2.75, 3.05) is 0 Å². The summed E-state index contributed by atoms with van der Waals surface area (Å²) in [7, 11) is -1.41. The van der Waals surface area contributed by atoms with E-state index in [1.165, 1.54) is 6.42 Å². The van der Waals surface area contributed by atoms with Crippen LogP contribution in [-0.4, -0.2) is 23.3 Å². The molecule has 2 N–H and O–H groups in total. The van der Waals surface area contributed by atoms with E-state index in [-0.39, 0.29) is 0 Å². The van der Waals surface area contributed by atoms with Gasteiger partial charge in [-0.1, -0.05) is 24.3 Å². The first-order valence-electron chi connectivity index (χ1n) is 5.33. The maximum atomic E-state index is 9.14. The Morgan fingerprint density at radius 3 is 2.60 bits per heavy atom. The van der Waals surface area contributed by atoms with Crippen molar-refractivity contribution in [1.29, 1.82) is 0 Å². The fourth-order valence-electron chi connectivity index (χ4n) is 1.66. The number of hydrogen-bond donors (Lipinski definition) is 2. The second kappa shape index (κ2) is 4.79. The van der Waals surface area contributed by atoms with Gasteiger partial charge in [0.15, 0.2) is 0 Å². The van der Waals surface area contributed by atoms with Crippen molar-refractivity contribution in [2.45, 2.75) is 32.0 Å². The van der Waals surface area contributed by atoms with Crippen LogP contribution in [0.15, 0.2) is 24.3 Å². The molecule has 1 aliphatic carbocycles. The molecule has 0 aliphatic heterocycles. The molecule has 1 fully saturated rings. The zero-order valence-corrected chi connectivity index (χ0v) is 8.60. The van der Waals surface area contributed by atoms with Crippen LogP contribution in [0.5, 0.6) is 0 Å². The highest BCUT2D eigenvalue weighted by Gasteiger charge is 2.20. The molecule has 0 bridgehead atoms. The molecule has 4 heteroatoms. The largest absolute Gasteiger partial charge is 0.488 e. The van der Waals surface area contributed by atoms with Crippen LogP contribution >= 0.6 is 0 Å². The van der Waals surface area contributed by atoms with E-state index in [9.17, 15) is 0 Å². The van der Waals surface area contributed by atoms with Crippen LogP contribution in [-0.2, 0) is 11.3 Å². The van der Waals surface area contributed by atoms with Gasteiger partial charge in [0, 0.05) is 0 Å². The second-order valence-corrected chi connectivity index (χ2v) is 3.94. The van der Waals surface area contributed by atoms with Gasteiger partial charge in [0.25, 0.3) is 0 Å². The van der Waals surface area contributed by atoms with E-state index in [2.05, 4.69) is 0 Å². The lowest BCUT2D eigenvalue weighted by atomic mass is 9.77. The summed E-state index contributed by atoms with van der Waals surface area (Å²) < 4.78 is 5.63. The molecule has 0 atom stereocenters. The molecular weight excluding hydrogens is 191 g/mol. The highest BCUT2D eigenvalue weighted by molar-refractivity contribution is 6.59. The molecule has 0 unspecified atom stereocenters. The van der Waals surface area contributed by atoms with Crippen molar-refractivity contribution < 1.29 is 14.8 Å². The Balaban J connectivity index is 1.99. The number of benzene rings is 1. The first-order valence-corrected chi connectivity index (χ1v) is 5.33. The molecule has 3 nitrogen and oxygen atoms in total. The van der Waals surface area contributed by atoms with E-state index >= 15 is 0 Å². The Kier molecular flexibility index (Phi) is 3.41. The Morgan fingerprint density at radius 2 is 2.00 bits per heavy atom. The zero-order valence-electron chi connectivity index (χ0n) is 8.60. The quantitative estimate of drug-likeness (QED) is 0.702. The van der Waals surface area contributed by atoms with Crippen LogP contribution in [0.1, 0.15) is 24.8 Å². The van der Waals surface area contributed by atoms with Crippen molar-refractivity contribution in [2.24, 2.45) is 0 Å². The lowest BCUT2D eigenvalue weighted by Gasteiger charge is -2.26. The number of hydrogen-bond acceptors (Lipinski definition) is 3. The molecule has 1 aliphatic rings. The van der Waals surface area contributed by atoms with Gasteiger partial charge in [0.2, 0.25) is 0 Å². The number of rotatable bonds is 4. The van der Waals surface area contributed by atoms with Crippen LogP contribution in [0, 0.1) is 0 Å². The monoisotopic (exact) mass is 206 g/mol. The van der Waals surface area contributed by atoms with Crippen molar-refractivity contribution in [3.8, 4) is 0 Å². The Bertz CT molecular complexity index is 323. The summed E-state index contributed by atoms with van der Waals surface area (Å²) in [5.74, 6) is 0. The summed E-state index contributed by atoms with van der Waals surface area (Å²) >= 11 is 0. The van der Waals surface area contributed by atoms with E-state index in [0.717, 1.165) is 18.4 Å². The minimum absolute atomic E-state index is 0.369. The van der Waals surface area contributed by atoms with Crippen LogP contribution in [0.4, 0.5) is 0 Å². The van der Waals surface area contributed by atoms with Crippen LogP contribution in [0.25, 0.3) is 0 Å². The van der Waals surface area contributed by atoms with Gasteiger partial charge in [-0.05, 0) is 30.3 Å². The van der Waals surface area contributed by atoms with E-state index in [1.54, 1.807) is 12.1 Å². The van der Waals surface area contributed by atoms with Gasteiger partial charge in [-0.3, -0.25) is 0 Å². The molecule has 2 rings (SSSR count). The molecule has 0 amide bonds. The maximum Gasteiger partial charge on any atom is 0.488 e. The third-order valence-electron chi connectivity index (χ3n) is 2.86. The maximum absolute atomic E-state index is 9.14. The second-order valence-electron chi connectivity index (χ2n) is 3.94. The predicted molar refractivity (Wildman–Crippen MR) is 58.7 cm³/mol. The fraction of sp³-hybridized carbons (Fsp3) is 0.455. The lowest BCUT2D eigenvalue weighted by molar-refractivity contribution is -0.00840. The van der Waals surface area contributed by atoms with Gasteiger partial charge in [0.1, 0.15) is 0 Å². The van der Waals surface area contributed by atoms with Gasteiger partial charge in [0.05, 0.1) is 12.7 Å². The van der Waals surface area contributed by atoms with E-state index in [0.29, 0.717) is 18.2 Å². The highest BCUT2D eigenvalue weighted by Crippen LogP contribution is 2.22. The van der Waals surface area contributed by atoms with E-state index in [4.69, 9.17) is 14.8 Å². The van der Waals surface area contributed by atoms with Crippen molar-refractivity contribution >= 4 is 12.6 Å². The van der Waals surface area contributed by atoms with Gasteiger partial charge < -0.3 is 14.8 Å². The molecular formula is C11H15BO3. The smallest absolute Gasteiger partial charge is 0.423 e. The predicted octanol–water partition coefficient (Wildman–Crippen LogP) is 0.435. The lowest BCUT2D eigenvalue weighted by Crippen LogP contribution is -2.34. The minimum atomic E-state index is -1.41. The fourth-order valence-corrected chi connectivity index (χ4v) is 1.66. The van der Waals surface area contributed by atoms with Crippen LogP contribution in [0.2, 0.25) is 0 Å². The standard InChI is InChI=1S/C11H15BO3/c13-12(14)11-7-2-1-4-9(11)8-15-10-5-3-6-10/h1-2,4,7,10,13-14H,3,5-6,8H2. The van der Waals surface area contributed by atoms with E-state index in [1.807, 2.05) is 12.1 Å². The summed E-state index contributed by atoms with van der Waals surface area (Å²) in [6, 6.07) is 7.25. The summed E-state index contributed by atoms with van der Waals surface area (Å²) in [4.78, 5) is 0. The van der Waals surface area contributed by atoms with Gasteiger partial charge in [-0.15, -0.1) is 0 Å². The average Bonchev–Trinajstić information content (AvgIpc) is 2.16.